The van der Waals surface area contributed by atoms with Crippen LogP contribution < -0.4 is 9.80 Å². The number of hydrogen-bond donors (Lipinski definition) is 2. The SMILES string of the molecule is CC(=O)N(COC(=O)CCCOP(=O)(O)O)C[C@H]1CN(c2ccc(N3C=CC(=O)CC3)c(F)c2F)C(=O)O1. The average molecular weight is 561 g/mol. The van der Waals surface area contributed by atoms with Crippen LogP contribution >= 0.6 is 7.82 Å². The molecule has 0 aromatic heterocycles. The number of carbonyl (C=O) groups is 4. The Morgan fingerprint density at radius 1 is 1.21 bits per heavy atom. The van der Waals surface area contributed by atoms with Crippen LogP contribution in [0.15, 0.2) is 24.4 Å². The highest BCUT2D eigenvalue weighted by Crippen LogP contribution is 2.36. The first-order valence-corrected chi connectivity index (χ1v) is 12.9. The van der Waals surface area contributed by atoms with E-state index in [1.54, 1.807) is 0 Å². The first kappa shape index (κ1) is 29.2. The van der Waals surface area contributed by atoms with Crippen LogP contribution in [0.4, 0.5) is 25.0 Å². The van der Waals surface area contributed by atoms with E-state index in [9.17, 15) is 32.5 Å². The summed E-state index contributed by atoms with van der Waals surface area (Å²) in [5, 5.41) is 0. The van der Waals surface area contributed by atoms with Crippen molar-refractivity contribution in [2.24, 2.45) is 0 Å². The monoisotopic (exact) mass is 561 g/mol. The number of esters is 1. The van der Waals surface area contributed by atoms with Crippen LogP contribution in [0.3, 0.4) is 0 Å². The van der Waals surface area contributed by atoms with E-state index in [0.717, 1.165) is 9.80 Å². The van der Waals surface area contributed by atoms with Crippen molar-refractivity contribution in [3.05, 3.63) is 36.0 Å². The van der Waals surface area contributed by atoms with E-state index in [-0.39, 0.29) is 62.7 Å². The van der Waals surface area contributed by atoms with Gasteiger partial charge < -0.3 is 29.1 Å². The van der Waals surface area contributed by atoms with Crippen molar-refractivity contribution >= 4 is 43.0 Å². The summed E-state index contributed by atoms with van der Waals surface area (Å²) >= 11 is 0. The number of ketones is 1. The summed E-state index contributed by atoms with van der Waals surface area (Å²) in [7, 11) is -4.65. The van der Waals surface area contributed by atoms with Gasteiger partial charge in [-0.1, -0.05) is 0 Å². The van der Waals surface area contributed by atoms with E-state index < -0.39 is 50.3 Å². The van der Waals surface area contributed by atoms with Crippen LogP contribution in [0.2, 0.25) is 0 Å². The quantitative estimate of drug-likeness (QED) is 0.175. The van der Waals surface area contributed by atoms with Gasteiger partial charge in [-0.3, -0.25) is 23.8 Å². The highest BCUT2D eigenvalue weighted by Gasteiger charge is 2.36. The fourth-order valence-corrected chi connectivity index (χ4v) is 4.04. The highest BCUT2D eigenvalue weighted by atomic mass is 31.2. The Kier molecular flexibility index (Phi) is 9.55. The third-order valence-electron chi connectivity index (χ3n) is 5.59. The van der Waals surface area contributed by atoms with Gasteiger partial charge in [-0.15, -0.1) is 0 Å². The molecule has 0 aliphatic carbocycles. The van der Waals surface area contributed by atoms with Crippen molar-refractivity contribution in [1.82, 2.24) is 4.90 Å². The lowest BCUT2D eigenvalue weighted by molar-refractivity contribution is -0.153. The molecule has 2 amide bonds. The molecule has 38 heavy (non-hydrogen) atoms. The van der Waals surface area contributed by atoms with Crippen molar-refractivity contribution in [2.45, 2.75) is 32.3 Å². The molecule has 0 bridgehead atoms. The van der Waals surface area contributed by atoms with Crippen molar-refractivity contribution < 1.29 is 56.3 Å². The van der Waals surface area contributed by atoms with Crippen molar-refractivity contribution in [2.75, 3.05) is 42.8 Å². The topological polar surface area (TPSA) is 163 Å². The molecule has 2 aliphatic heterocycles. The Balaban J connectivity index is 1.57. The van der Waals surface area contributed by atoms with Crippen LogP contribution in [0.5, 0.6) is 0 Å². The van der Waals surface area contributed by atoms with Crippen LogP contribution in [-0.4, -0.2) is 77.5 Å². The van der Waals surface area contributed by atoms with Gasteiger partial charge in [-0.25, -0.2) is 18.1 Å². The lowest BCUT2D eigenvalue weighted by Gasteiger charge is -2.25. The van der Waals surface area contributed by atoms with Gasteiger partial charge in [0.15, 0.2) is 24.1 Å². The molecule has 0 saturated carbocycles. The number of halogens is 2. The number of benzene rings is 1. The van der Waals surface area contributed by atoms with Gasteiger partial charge in [0.05, 0.1) is 31.1 Å². The zero-order chi connectivity index (χ0) is 28.0. The fourth-order valence-electron chi connectivity index (χ4n) is 3.68. The number of rotatable bonds is 11. The van der Waals surface area contributed by atoms with E-state index in [0.29, 0.717) is 0 Å². The second-order valence-corrected chi connectivity index (χ2v) is 9.63. The second kappa shape index (κ2) is 12.4. The van der Waals surface area contributed by atoms with E-state index in [2.05, 4.69) is 4.52 Å². The zero-order valence-corrected chi connectivity index (χ0v) is 21.1. The van der Waals surface area contributed by atoms with Gasteiger partial charge >= 0.3 is 19.9 Å². The number of allylic oxidation sites excluding steroid dienone is 1. The largest absolute Gasteiger partial charge is 0.469 e. The molecule has 1 aromatic carbocycles. The molecule has 3 rings (SSSR count). The zero-order valence-electron chi connectivity index (χ0n) is 20.2. The standard InChI is InChI=1S/C22H26F2N3O10P/c1-14(28)26(13-35-19(30)3-2-10-36-38(32,33)34)11-16-12-27(22(31)37-16)18-5-4-17(20(23)21(18)24)25-8-6-15(29)7-9-25/h4-6,8,16H,2-3,7,9-13H2,1H3,(H2,32,33,34)/t16-/m0/s1. The van der Waals surface area contributed by atoms with Crippen molar-refractivity contribution in [3.63, 3.8) is 0 Å². The van der Waals surface area contributed by atoms with Gasteiger partial charge in [0.25, 0.3) is 0 Å². The number of phosphoric acid groups is 1. The number of carbonyl (C=O) groups excluding carboxylic acids is 4. The summed E-state index contributed by atoms with van der Waals surface area (Å²) in [5.74, 6) is -3.91. The van der Waals surface area contributed by atoms with E-state index in [4.69, 9.17) is 19.3 Å². The maximum absolute atomic E-state index is 14.9. The van der Waals surface area contributed by atoms with E-state index >= 15 is 0 Å². The number of nitrogens with zero attached hydrogens (tertiary/aromatic N) is 3. The Morgan fingerprint density at radius 3 is 2.53 bits per heavy atom. The normalized spacial score (nSPS) is 17.6. The number of ether oxygens (including phenoxy) is 2. The minimum Gasteiger partial charge on any atom is -0.444 e. The molecule has 0 unspecified atom stereocenters. The third-order valence-corrected chi connectivity index (χ3v) is 6.11. The third kappa shape index (κ3) is 7.81. The smallest absolute Gasteiger partial charge is 0.444 e. The van der Waals surface area contributed by atoms with Gasteiger partial charge in [-0.05, 0) is 24.6 Å². The molecule has 16 heteroatoms. The Morgan fingerprint density at radius 2 is 1.89 bits per heavy atom. The van der Waals surface area contributed by atoms with Gasteiger partial charge in [0.2, 0.25) is 5.91 Å². The lowest BCUT2D eigenvalue weighted by atomic mass is 10.1. The molecular weight excluding hydrogens is 535 g/mol. The van der Waals surface area contributed by atoms with Crippen LogP contribution in [0, 0.1) is 11.6 Å². The van der Waals surface area contributed by atoms with Crippen LogP contribution in [-0.2, 0) is 32.9 Å². The summed E-state index contributed by atoms with van der Waals surface area (Å²) in [6.45, 7) is 0.0600. The van der Waals surface area contributed by atoms with Crippen LogP contribution in [0.1, 0.15) is 26.2 Å². The number of anilines is 2. The van der Waals surface area contributed by atoms with E-state index in [1.807, 2.05) is 0 Å². The van der Waals surface area contributed by atoms with Gasteiger partial charge in [-0.2, -0.15) is 0 Å². The molecule has 2 aliphatic rings. The van der Waals surface area contributed by atoms with Crippen molar-refractivity contribution in [3.8, 4) is 0 Å². The van der Waals surface area contributed by atoms with Gasteiger partial charge in [0.1, 0.15) is 6.10 Å². The van der Waals surface area contributed by atoms with Crippen molar-refractivity contribution in [1.29, 1.82) is 0 Å². The first-order valence-electron chi connectivity index (χ1n) is 11.4. The molecule has 0 radical (unpaired) electrons. The molecule has 13 nitrogen and oxygen atoms in total. The fraction of sp³-hybridized carbons (Fsp3) is 0.455. The summed E-state index contributed by atoms with van der Waals surface area (Å²) in [6.07, 6.45) is 0.579. The molecule has 1 saturated heterocycles. The second-order valence-electron chi connectivity index (χ2n) is 8.39. The molecular formula is C22H26F2N3O10P. The first-order chi connectivity index (χ1) is 17.9. The highest BCUT2D eigenvalue weighted by molar-refractivity contribution is 7.46. The Bertz CT molecular complexity index is 1170. The summed E-state index contributed by atoms with van der Waals surface area (Å²) < 4.78 is 54.7. The molecule has 1 atom stereocenters. The van der Waals surface area contributed by atoms with Crippen LogP contribution in [0.25, 0.3) is 0 Å². The maximum atomic E-state index is 14.9. The predicted octanol–water partition coefficient (Wildman–Crippen LogP) is 1.82. The minimum absolute atomic E-state index is 0.0354. The molecule has 1 fully saturated rings. The molecule has 2 heterocycles. The molecule has 1 aromatic rings. The number of cyclic esters (lactones) is 1. The predicted molar refractivity (Wildman–Crippen MR) is 126 cm³/mol. The number of hydrogen-bond acceptors (Lipinski definition) is 9. The van der Waals surface area contributed by atoms with Gasteiger partial charge in [0, 0.05) is 32.5 Å². The summed E-state index contributed by atoms with van der Waals surface area (Å²) in [4.78, 5) is 68.1. The Labute approximate surface area is 215 Å². The minimum atomic E-state index is -4.65. The van der Waals surface area contributed by atoms with E-state index in [1.165, 1.54) is 36.2 Å². The maximum Gasteiger partial charge on any atom is 0.469 e. The average Bonchev–Trinajstić information content (AvgIpc) is 3.20. The number of phosphoric ester groups is 1. The lowest BCUT2D eigenvalue weighted by Crippen LogP contribution is -2.40. The Hall–Kier alpha value is -3.39. The summed E-state index contributed by atoms with van der Waals surface area (Å²) in [5.41, 5.74) is -0.467. The summed E-state index contributed by atoms with van der Waals surface area (Å²) in [6, 6.07) is 2.49. The molecule has 0 spiro atoms. The molecule has 208 valence electrons. The molecule has 2 N–H and O–H groups in total. The number of amides is 2.